The Bertz CT molecular complexity index is 388. The number of anilines is 1. The third kappa shape index (κ3) is 3.50. The standard InChI is InChI=1S/C9H10F2N2O2S/c1-14-7-4-5(13-9(12)16)2-3-6(7)15-8(10)11/h2-4,8H,1H3,(H3,12,13,16). The maximum atomic E-state index is 12.0. The first-order valence-corrected chi connectivity index (χ1v) is 4.63. The number of halogens is 2. The van der Waals surface area contributed by atoms with Gasteiger partial charge in [0.05, 0.1) is 7.11 Å². The third-order valence-corrected chi connectivity index (χ3v) is 1.75. The van der Waals surface area contributed by atoms with Crippen LogP contribution in [0.15, 0.2) is 18.2 Å². The second kappa shape index (κ2) is 5.45. The molecule has 3 N–H and O–H groups in total. The fraction of sp³-hybridized carbons (Fsp3) is 0.222. The molecule has 0 aliphatic rings. The van der Waals surface area contributed by atoms with E-state index in [0.29, 0.717) is 5.69 Å². The van der Waals surface area contributed by atoms with Gasteiger partial charge in [-0.05, 0) is 24.4 Å². The van der Waals surface area contributed by atoms with Gasteiger partial charge in [0.25, 0.3) is 0 Å². The van der Waals surface area contributed by atoms with Crippen LogP contribution < -0.4 is 20.5 Å². The van der Waals surface area contributed by atoms with Gasteiger partial charge in [-0.1, -0.05) is 0 Å². The molecule has 0 aromatic heterocycles. The molecule has 7 heteroatoms. The van der Waals surface area contributed by atoms with Crippen molar-refractivity contribution in [2.24, 2.45) is 5.73 Å². The summed E-state index contributed by atoms with van der Waals surface area (Å²) in [4.78, 5) is 0. The van der Waals surface area contributed by atoms with E-state index in [-0.39, 0.29) is 16.6 Å². The summed E-state index contributed by atoms with van der Waals surface area (Å²) in [5.41, 5.74) is 5.80. The normalized spacial score (nSPS) is 10.0. The molecule has 0 spiro atoms. The lowest BCUT2D eigenvalue weighted by molar-refractivity contribution is -0.0512. The number of thiocarbonyl (C=S) groups is 1. The van der Waals surface area contributed by atoms with Gasteiger partial charge in [0.15, 0.2) is 16.6 Å². The number of rotatable bonds is 4. The molecule has 88 valence electrons. The summed E-state index contributed by atoms with van der Waals surface area (Å²) in [5.74, 6) is 0.118. The van der Waals surface area contributed by atoms with Crippen molar-refractivity contribution in [3.8, 4) is 11.5 Å². The topological polar surface area (TPSA) is 56.5 Å². The van der Waals surface area contributed by atoms with Gasteiger partial charge < -0.3 is 20.5 Å². The summed E-state index contributed by atoms with van der Waals surface area (Å²) in [6, 6.07) is 4.29. The van der Waals surface area contributed by atoms with Crippen molar-refractivity contribution in [1.82, 2.24) is 0 Å². The first-order chi connectivity index (χ1) is 7.52. The van der Waals surface area contributed by atoms with E-state index in [1.165, 1.54) is 25.3 Å². The average molecular weight is 248 g/mol. The number of benzene rings is 1. The van der Waals surface area contributed by atoms with E-state index in [2.05, 4.69) is 22.3 Å². The van der Waals surface area contributed by atoms with Gasteiger partial charge in [0.1, 0.15) is 0 Å². The second-order valence-electron chi connectivity index (χ2n) is 2.73. The Morgan fingerprint density at radius 1 is 1.44 bits per heavy atom. The molecule has 0 atom stereocenters. The molecular formula is C9H10F2N2O2S. The minimum absolute atomic E-state index is 0.0500. The van der Waals surface area contributed by atoms with Gasteiger partial charge in [-0.2, -0.15) is 8.78 Å². The van der Waals surface area contributed by atoms with Crippen molar-refractivity contribution in [3.63, 3.8) is 0 Å². The van der Waals surface area contributed by atoms with Crippen LogP contribution in [-0.2, 0) is 0 Å². The highest BCUT2D eigenvalue weighted by molar-refractivity contribution is 7.80. The fourth-order valence-electron chi connectivity index (χ4n) is 1.08. The summed E-state index contributed by atoms with van der Waals surface area (Å²) in [6.07, 6.45) is 0. The maximum absolute atomic E-state index is 12.0. The van der Waals surface area contributed by atoms with Crippen LogP contribution in [0.25, 0.3) is 0 Å². The molecule has 0 saturated heterocycles. The van der Waals surface area contributed by atoms with Crippen LogP contribution in [0.2, 0.25) is 0 Å². The van der Waals surface area contributed by atoms with Crippen molar-refractivity contribution < 1.29 is 18.3 Å². The van der Waals surface area contributed by atoms with Crippen molar-refractivity contribution in [3.05, 3.63) is 18.2 Å². The third-order valence-electron chi connectivity index (χ3n) is 1.65. The Morgan fingerprint density at radius 3 is 2.62 bits per heavy atom. The summed E-state index contributed by atoms with van der Waals surface area (Å²) in [6.45, 7) is -2.90. The molecule has 0 aliphatic carbocycles. The first kappa shape index (κ1) is 12.4. The second-order valence-corrected chi connectivity index (χ2v) is 3.17. The van der Waals surface area contributed by atoms with Crippen molar-refractivity contribution in [2.75, 3.05) is 12.4 Å². The lowest BCUT2D eigenvalue weighted by Gasteiger charge is -2.11. The molecule has 16 heavy (non-hydrogen) atoms. The largest absolute Gasteiger partial charge is 0.493 e. The van der Waals surface area contributed by atoms with E-state index in [4.69, 9.17) is 10.5 Å². The molecule has 0 radical (unpaired) electrons. The molecular weight excluding hydrogens is 238 g/mol. The van der Waals surface area contributed by atoms with Crippen LogP contribution in [0.4, 0.5) is 14.5 Å². The fourth-order valence-corrected chi connectivity index (χ4v) is 1.20. The molecule has 1 aromatic carbocycles. The van der Waals surface area contributed by atoms with E-state index < -0.39 is 6.61 Å². The average Bonchev–Trinajstić information content (AvgIpc) is 2.18. The summed E-state index contributed by atoms with van der Waals surface area (Å²) < 4.78 is 33.2. The Kier molecular flexibility index (Phi) is 4.24. The summed E-state index contributed by atoms with van der Waals surface area (Å²) in [7, 11) is 1.35. The zero-order valence-electron chi connectivity index (χ0n) is 8.37. The van der Waals surface area contributed by atoms with Gasteiger partial charge >= 0.3 is 6.61 Å². The predicted molar refractivity (Wildman–Crippen MR) is 60.0 cm³/mol. The number of alkyl halides is 2. The molecule has 0 aliphatic heterocycles. The van der Waals surface area contributed by atoms with Crippen molar-refractivity contribution in [1.29, 1.82) is 0 Å². The number of ether oxygens (including phenoxy) is 2. The zero-order valence-corrected chi connectivity index (χ0v) is 9.18. The molecule has 0 amide bonds. The minimum Gasteiger partial charge on any atom is -0.493 e. The Balaban J connectivity index is 2.92. The monoisotopic (exact) mass is 248 g/mol. The minimum atomic E-state index is -2.90. The lowest BCUT2D eigenvalue weighted by Crippen LogP contribution is -2.18. The van der Waals surface area contributed by atoms with Gasteiger partial charge in [-0.15, -0.1) is 0 Å². The Morgan fingerprint density at radius 2 is 2.12 bits per heavy atom. The number of hydrogen-bond donors (Lipinski definition) is 2. The Labute approximate surface area is 96.3 Å². The van der Waals surface area contributed by atoms with Crippen LogP contribution in [0.5, 0.6) is 11.5 Å². The van der Waals surface area contributed by atoms with Gasteiger partial charge in [-0.25, -0.2) is 0 Å². The van der Waals surface area contributed by atoms with Crippen LogP contribution in [0.3, 0.4) is 0 Å². The van der Waals surface area contributed by atoms with E-state index in [1.54, 1.807) is 0 Å². The van der Waals surface area contributed by atoms with Gasteiger partial charge in [0.2, 0.25) is 0 Å². The van der Waals surface area contributed by atoms with Gasteiger partial charge in [0, 0.05) is 11.8 Å². The van der Waals surface area contributed by atoms with E-state index in [0.717, 1.165) is 0 Å². The quantitative estimate of drug-likeness (QED) is 0.798. The highest BCUT2D eigenvalue weighted by atomic mass is 32.1. The number of nitrogens with two attached hydrogens (primary N) is 1. The lowest BCUT2D eigenvalue weighted by atomic mass is 10.3. The van der Waals surface area contributed by atoms with E-state index in [1.807, 2.05) is 0 Å². The number of nitrogens with one attached hydrogen (secondary N) is 1. The van der Waals surface area contributed by atoms with Crippen molar-refractivity contribution >= 4 is 23.0 Å². The summed E-state index contributed by atoms with van der Waals surface area (Å²) in [5, 5.41) is 2.72. The van der Waals surface area contributed by atoms with E-state index in [9.17, 15) is 8.78 Å². The zero-order chi connectivity index (χ0) is 12.1. The number of methoxy groups -OCH3 is 1. The summed E-state index contributed by atoms with van der Waals surface area (Å²) >= 11 is 4.63. The molecule has 4 nitrogen and oxygen atoms in total. The smallest absolute Gasteiger partial charge is 0.387 e. The molecule has 0 saturated carbocycles. The molecule has 0 unspecified atom stereocenters. The Hall–Kier alpha value is -1.63. The SMILES string of the molecule is COc1cc(NC(N)=S)ccc1OC(F)F. The van der Waals surface area contributed by atoms with Crippen LogP contribution in [-0.4, -0.2) is 18.8 Å². The van der Waals surface area contributed by atoms with Crippen LogP contribution in [0, 0.1) is 0 Å². The molecule has 1 rings (SSSR count). The predicted octanol–water partition coefficient (Wildman–Crippen LogP) is 1.95. The molecule has 0 heterocycles. The van der Waals surface area contributed by atoms with E-state index >= 15 is 0 Å². The first-order valence-electron chi connectivity index (χ1n) is 4.22. The van der Waals surface area contributed by atoms with Crippen LogP contribution in [0.1, 0.15) is 0 Å². The molecule has 0 fully saturated rings. The number of hydrogen-bond acceptors (Lipinski definition) is 3. The molecule has 0 bridgehead atoms. The molecule has 1 aromatic rings. The van der Waals surface area contributed by atoms with Crippen LogP contribution >= 0.6 is 12.2 Å². The maximum Gasteiger partial charge on any atom is 0.387 e. The van der Waals surface area contributed by atoms with Crippen molar-refractivity contribution in [2.45, 2.75) is 6.61 Å². The van der Waals surface area contributed by atoms with Gasteiger partial charge in [-0.3, -0.25) is 0 Å². The highest BCUT2D eigenvalue weighted by Gasteiger charge is 2.10. The highest BCUT2D eigenvalue weighted by Crippen LogP contribution is 2.31.